The molecule has 7 nitrogen and oxygen atoms in total. The van der Waals surface area contributed by atoms with Gasteiger partial charge in [0.1, 0.15) is 5.56 Å². The maximum absolute atomic E-state index is 13.6. The van der Waals surface area contributed by atoms with Gasteiger partial charge in [0.2, 0.25) is 0 Å². The molecule has 0 aromatic heterocycles. The average Bonchev–Trinajstić information content (AvgIpc) is 2.36. The number of anilines is 1. The summed E-state index contributed by atoms with van der Waals surface area (Å²) >= 11 is 0. The smallest absolute Gasteiger partial charge is 0.342 e. The molecule has 1 aromatic carbocycles. The Kier molecular flexibility index (Phi) is 4.76. The maximum atomic E-state index is 13.6. The monoisotopic (exact) mass is 272 g/mol. The molecule has 0 radical (unpaired) electrons. The van der Waals surface area contributed by atoms with Crippen LogP contribution in [0, 0.1) is 15.9 Å². The lowest BCUT2D eigenvalue weighted by Crippen LogP contribution is -2.23. The van der Waals surface area contributed by atoms with E-state index in [-0.39, 0.29) is 12.3 Å². The molecule has 0 saturated carbocycles. The number of nitro groups is 1. The number of rotatable bonds is 6. The summed E-state index contributed by atoms with van der Waals surface area (Å²) in [6.45, 7) is 1.48. The molecular weight excluding hydrogens is 259 g/mol. The van der Waals surface area contributed by atoms with E-state index in [1.165, 1.54) is 0 Å². The van der Waals surface area contributed by atoms with Crippen LogP contribution in [0.15, 0.2) is 12.1 Å². The van der Waals surface area contributed by atoms with Crippen molar-refractivity contribution in [2.75, 3.05) is 11.9 Å². The van der Waals surface area contributed by atoms with Crippen molar-refractivity contribution in [3.05, 3.63) is 33.6 Å². The third-order valence-corrected chi connectivity index (χ3v) is 2.59. The molecular formula is C11H13FN2O5. The van der Waals surface area contributed by atoms with Crippen LogP contribution in [0.5, 0.6) is 0 Å². The Morgan fingerprint density at radius 1 is 1.58 bits per heavy atom. The van der Waals surface area contributed by atoms with E-state index in [2.05, 4.69) is 5.32 Å². The highest BCUT2D eigenvalue weighted by Crippen LogP contribution is 2.26. The van der Waals surface area contributed by atoms with Crippen LogP contribution in [0.3, 0.4) is 0 Å². The van der Waals surface area contributed by atoms with E-state index in [9.17, 15) is 19.3 Å². The van der Waals surface area contributed by atoms with Crippen LogP contribution in [-0.4, -0.2) is 33.8 Å². The summed E-state index contributed by atoms with van der Waals surface area (Å²) in [6.07, 6.45) is 0.481. The van der Waals surface area contributed by atoms with Gasteiger partial charge in [-0.3, -0.25) is 10.1 Å². The summed E-state index contributed by atoms with van der Waals surface area (Å²) < 4.78 is 13.6. The van der Waals surface area contributed by atoms with E-state index in [4.69, 9.17) is 10.2 Å². The Morgan fingerprint density at radius 2 is 2.21 bits per heavy atom. The first-order valence-corrected chi connectivity index (χ1v) is 5.49. The molecule has 0 bridgehead atoms. The van der Waals surface area contributed by atoms with E-state index < -0.39 is 34.0 Å². The Hall–Kier alpha value is -2.22. The number of carboxylic acid groups (broad SMARTS) is 1. The van der Waals surface area contributed by atoms with Gasteiger partial charge in [-0.25, -0.2) is 9.18 Å². The van der Waals surface area contributed by atoms with E-state index >= 15 is 0 Å². The minimum absolute atomic E-state index is 0.191. The molecule has 1 rings (SSSR count). The van der Waals surface area contributed by atoms with Crippen LogP contribution in [0.25, 0.3) is 0 Å². The summed E-state index contributed by atoms with van der Waals surface area (Å²) in [5, 5.41) is 31.1. The van der Waals surface area contributed by atoms with Crippen LogP contribution in [0.1, 0.15) is 23.7 Å². The second-order valence-corrected chi connectivity index (χ2v) is 3.84. The third-order valence-electron chi connectivity index (χ3n) is 2.59. The van der Waals surface area contributed by atoms with E-state index in [1.807, 2.05) is 0 Å². The normalized spacial score (nSPS) is 11.9. The summed E-state index contributed by atoms with van der Waals surface area (Å²) in [5.74, 6) is -2.46. The summed E-state index contributed by atoms with van der Waals surface area (Å²) in [5.41, 5.74) is -1.61. The predicted octanol–water partition coefficient (Wildman–Crippen LogP) is 1.61. The first-order valence-electron chi connectivity index (χ1n) is 5.49. The molecule has 0 aliphatic carbocycles. The molecule has 104 valence electrons. The first-order chi connectivity index (χ1) is 8.90. The highest BCUT2D eigenvalue weighted by Gasteiger charge is 2.23. The van der Waals surface area contributed by atoms with Gasteiger partial charge in [-0.15, -0.1) is 0 Å². The molecule has 0 saturated heterocycles. The number of carbonyl (C=O) groups is 1. The number of aromatic carboxylic acids is 1. The number of aliphatic hydroxyl groups excluding tert-OH is 1. The Balaban J connectivity index is 3.24. The van der Waals surface area contributed by atoms with Crippen molar-refractivity contribution in [2.45, 2.75) is 19.4 Å². The van der Waals surface area contributed by atoms with Gasteiger partial charge in [-0.2, -0.15) is 0 Å². The fourth-order valence-corrected chi connectivity index (χ4v) is 1.49. The van der Waals surface area contributed by atoms with Gasteiger partial charge in [-0.05, 0) is 12.5 Å². The van der Waals surface area contributed by atoms with Gasteiger partial charge >= 0.3 is 5.97 Å². The fraction of sp³-hybridized carbons (Fsp3) is 0.364. The second kappa shape index (κ2) is 6.10. The second-order valence-electron chi connectivity index (χ2n) is 3.84. The summed E-state index contributed by atoms with van der Waals surface area (Å²) in [7, 11) is 0. The number of benzene rings is 1. The largest absolute Gasteiger partial charge is 0.477 e. The lowest BCUT2D eigenvalue weighted by atomic mass is 10.1. The molecule has 0 fully saturated rings. The van der Waals surface area contributed by atoms with E-state index in [0.29, 0.717) is 12.5 Å². The zero-order valence-electron chi connectivity index (χ0n) is 10.1. The van der Waals surface area contributed by atoms with E-state index in [0.717, 1.165) is 6.07 Å². The Bertz CT molecular complexity index is 502. The SMILES string of the molecule is CCC(CO)Nc1cc(C(=O)O)c([N+](=O)[O-])cc1F. The van der Waals surface area contributed by atoms with Crippen LogP contribution in [-0.2, 0) is 0 Å². The number of aliphatic hydroxyl groups is 1. The highest BCUT2D eigenvalue weighted by molar-refractivity contribution is 5.93. The zero-order valence-corrected chi connectivity index (χ0v) is 10.1. The van der Waals surface area contributed by atoms with Crippen molar-refractivity contribution in [1.82, 2.24) is 0 Å². The van der Waals surface area contributed by atoms with Gasteiger partial charge in [-0.1, -0.05) is 6.92 Å². The number of nitrogens with zero attached hydrogens (tertiary/aromatic N) is 1. The van der Waals surface area contributed by atoms with Crippen molar-refractivity contribution < 1.29 is 24.3 Å². The van der Waals surface area contributed by atoms with Gasteiger partial charge in [0.25, 0.3) is 5.69 Å². The van der Waals surface area contributed by atoms with Gasteiger partial charge in [0, 0.05) is 6.04 Å². The molecule has 0 aliphatic heterocycles. The van der Waals surface area contributed by atoms with Crippen LogP contribution in [0.2, 0.25) is 0 Å². The molecule has 1 aromatic rings. The number of carboxylic acids is 1. The fourth-order valence-electron chi connectivity index (χ4n) is 1.49. The zero-order chi connectivity index (χ0) is 14.6. The number of hydrogen-bond acceptors (Lipinski definition) is 5. The molecule has 19 heavy (non-hydrogen) atoms. The molecule has 0 spiro atoms. The van der Waals surface area contributed by atoms with Crippen molar-refractivity contribution in [1.29, 1.82) is 0 Å². The lowest BCUT2D eigenvalue weighted by Gasteiger charge is -2.16. The van der Waals surface area contributed by atoms with Crippen LogP contribution >= 0.6 is 0 Å². The molecule has 1 atom stereocenters. The minimum Gasteiger partial charge on any atom is -0.477 e. The van der Waals surface area contributed by atoms with E-state index in [1.54, 1.807) is 6.92 Å². The number of halogens is 1. The molecule has 3 N–H and O–H groups in total. The highest BCUT2D eigenvalue weighted by atomic mass is 19.1. The number of nitro benzene ring substituents is 1. The first kappa shape index (κ1) is 14.8. The van der Waals surface area contributed by atoms with Crippen molar-refractivity contribution >= 4 is 17.3 Å². The Labute approximate surface area is 107 Å². The van der Waals surface area contributed by atoms with Crippen molar-refractivity contribution in [3.63, 3.8) is 0 Å². The van der Waals surface area contributed by atoms with Crippen molar-refractivity contribution in [3.8, 4) is 0 Å². The quantitative estimate of drug-likeness (QED) is 0.535. The predicted molar refractivity (Wildman–Crippen MR) is 64.8 cm³/mol. The topological polar surface area (TPSA) is 113 Å². The maximum Gasteiger partial charge on any atom is 0.342 e. The van der Waals surface area contributed by atoms with Gasteiger partial charge in [0.05, 0.1) is 23.3 Å². The number of nitrogens with one attached hydrogen (secondary N) is 1. The Morgan fingerprint density at radius 3 is 2.63 bits per heavy atom. The molecule has 8 heteroatoms. The van der Waals surface area contributed by atoms with Crippen LogP contribution < -0.4 is 5.32 Å². The summed E-state index contributed by atoms with van der Waals surface area (Å²) in [6, 6.07) is 0.946. The molecule has 0 amide bonds. The lowest BCUT2D eigenvalue weighted by molar-refractivity contribution is -0.385. The standard InChI is InChI=1S/C11H13FN2O5/c1-2-6(5-15)13-9-3-7(11(16)17)10(14(18)19)4-8(9)12/h3-4,6,13,15H,2,5H2,1H3,(H,16,17). The molecule has 1 unspecified atom stereocenters. The molecule has 0 heterocycles. The average molecular weight is 272 g/mol. The third kappa shape index (κ3) is 3.38. The van der Waals surface area contributed by atoms with Crippen LogP contribution in [0.4, 0.5) is 15.8 Å². The number of hydrogen-bond donors (Lipinski definition) is 3. The van der Waals surface area contributed by atoms with Crippen molar-refractivity contribution in [2.24, 2.45) is 0 Å². The van der Waals surface area contributed by atoms with Gasteiger partial charge < -0.3 is 15.5 Å². The van der Waals surface area contributed by atoms with Gasteiger partial charge in [0.15, 0.2) is 5.82 Å². The summed E-state index contributed by atoms with van der Waals surface area (Å²) in [4.78, 5) is 20.6. The minimum atomic E-state index is -1.52. The molecule has 0 aliphatic rings.